The van der Waals surface area contributed by atoms with Crippen molar-refractivity contribution < 1.29 is 14.3 Å². The molecule has 1 aliphatic heterocycles. The molecule has 0 aromatic heterocycles. The lowest BCUT2D eigenvalue weighted by Gasteiger charge is -2.47. The topological polar surface area (TPSA) is 49.9 Å². The van der Waals surface area contributed by atoms with Gasteiger partial charge >= 0.3 is 5.97 Å². The Balaban J connectivity index is 1.92. The molecule has 0 aliphatic carbocycles. The number of amides is 1. The Labute approximate surface area is 186 Å². The maximum absolute atomic E-state index is 13.6. The minimum Gasteiger partial charge on any atom is -0.458 e. The second-order valence-corrected chi connectivity index (χ2v) is 9.21. The number of piperidine rings is 1. The summed E-state index contributed by atoms with van der Waals surface area (Å²) in [7, 11) is 0. The van der Waals surface area contributed by atoms with Crippen LogP contribution in [0.1, 0.15) is 52.5 Å². The van der Waals surface area contributed by atoms with Gasteiger partial charge in [0.1, 0.15) is 11.1 Å². The van der Waals surface area contributed by atoms with Crippen molar-refractivity contribution in [3.8, 4) is 0 Å². The number of carbonyl (C=O) groups excluding carboxylic acids is 2. The van der Waals surface area contributed by atoms with E-state index in [1.54, 1.807) is 4.90 Å². The summed E-state index contributed by atoms with van der Waals surface area (Å²) in [5, 5.41) is 0. The highest BCUT2D eigenvalue weighted by Gasteiger charge is 2.51. The molecule has 0 spiro atoms. The Kier molecular flexibility index (Phi) is 7.16. The number of benzene rings is 2. The molecule has 2 aromatic carbocycles. The Bertz CT molecular complexity index is 867. The zero-order valence-electron chi connectivity index (χ0n) is 19.1. The Hall–Kier alpha value is -2.66. The van der Waals surface area contributed by atoms with Crippen LogP contribution in [-0.4, -0.2) is 41.0 Å². The van der Waals surface area contributed by atoms with Crippen LogP contribution in [0.5, 0.6) is 0 Å². The predicted molar refractivity (Wildman–Crippen MR) is 124 cm³/mol. The van der Waals surface area contributed by atoms with Gasteiger partial charge in [-0.3, -0.25) is 14.6 Å². The van der Waals surface area contributed by atoms with Crippen LogP contribution in [-0.2, 0) is 20.9 Å². The number of likely N-dealkylation sites (tertiary alicyclic amines) is 1. The molecule has 5 heteroatoms. The van der Waals surface area contributed by atoms with Crippen LogP contribution in [0, 0.1) is 0 Å². The van der Waals surface area contributed by atoms with Gasteiger partial charge in [-0.05, 0) is 51.3 Å². The summed E-state index contributed by atoms with van der Waals surface area (Å²) >= 11 is 0. The lowest BCUT2D eigenvalue weighted by molar-refractivity contribution is -0.165. The largest absolute Gasteiger partial charge is 0.458 e. The third-order valence-corrected chi connectivity index (χ3v) is 5.71. The Morgan fingerprint density at radius 2 is 1.52 bits per heavy atom. The van der Waals surface area contributed by atoms with E-state index in [2.05, 4.69) is 17.0 Å². The smallest absolute Gasteiger partial charge is 0.333 e. The molecule has 0 atom stereocenters. The molecule has 0 radical (unpaired) electrons. The first kappa shape index (κ1) is 23.0. The number of nitrogens with zero attached hydrogens (tertiary/aromatic N) is 2. The first-order valence-electron chi connectivity index (χ1n) is 11.1. The van der Waals surface area contributed by atoms with E-state index in [0.29, 0.717) is 32.4 Å². The highest BCUT2D eigenvalue weighted by molar-refractivity contribution is 6.02. The minimum atomic E-state index is -1.01. The SMILES string of the molecule is CCC(=O)N(c1ccccc1)C1(C(=O)OC(C)(C)C)CCN(Cc2ccccc2)CC1. The quantitative estimate of drug-likeness (QED) is 0.627. The van der Waals surface area contributed by atoms with Crippen molar-refractivity contribution in [1.82, 2.24) is 4.90 Å². The highest BCUT2D eigenvalue weighted by atomic mass is 16.6. The second-order valence-electron chi connectivity index (χ2n) is 9.21. The summed E-state index contributed by atoms with van der Waals surface area (Å²) in [4.78, 5) is 30.8. The average Bonchev–Trinajstić information content (AvgIpc) is 2.75. The third-order valence-electron chi connectivity index (χ3n) is 5.71. The first-order chi connectivity index (χ1) is 14.7. The number of ether oxygens (including phenoxy) is 1. The molecule has 0 unspecified atom stereocenters. The van der Waals surface area contributed by atoms with Crippen molar-refractivity contribution in [2.45, 2.75) is 64.6 Å². The van der Waals surface area contributed by atoms with Gasteiger partial charge in [-0.2, -0.15) is 0 Å². The molecule has 1 saturated heterocycles. The standard InChI is InChI=1S/C26H34N2O3/c1-5-23(29)28(22-14-10-7-11-15-22)26(24(30)31-25(2,3)4)16-18-27(19-17-26)20-21-12-8-6-9-13-21/h6-15H,5,16-20H2,1-4H3. The van der Waals surface area contributed by atoms with Crippen molar-refractivity contribution in [1.29, 1.82) is 0 Å². The van der Waals surface area contributed by atoms with E-state index < -0.39 is 11.1 Å². The Morgan fingerprint density at radius 1 is 0.968 bits per heavy atom. The molecule has 2 aromatic rings. The van der Waals surface area contributed by atoms with Crippen molar-refractivity contribution in [3.63, 3.8) is 0 Å². The first-order valence-corrected chi connectivity index (χ1v) is 11.1. The van der Waals surface area contributed by atoms with Crippen LogP contribution in [0.2, 0.25) is 0 Å². The number of hydrogen-bond donors (Lipinski definition) is 0. The minimum absolute atomic E-state index is 0.0615. The van der Waals surface area contributed by atoms with E-state index in [4.69, 9.17) is 4.74 Å². The average molecular weight is 423 g/mol. The summed E-state index contributed by atoms with van der Waals surface area (Å²) < 4.78 is 5.88. The van der Waals surface area contributed by atoms with E-state index in [-0.39, 0.29) is 11.9 Å². The number of carbonyl (C=O) groups is 2. The highest BCUT2D eigenvalue weighted by Crippen LogP contribution is 2.36. The van der Waals surface area contributed by atoms with Gasteiger partial charge in [-0.25, -0.2) is 4.79 Å². The normalized spacial score (nSPS) is 16.5. The summed E-state index contributed by atoms with van der Waals surface area (Å²) in [6.45, 7) is 9.72. The number of esters is 1. The van der Waals surface area contributed by atoms with Crippen molar-refractivity contribution in [3.05, 3.63) is 66.2 Å². The molecule has 0 bridgehead atoms. The van der Waals surface area contributed by atoms with Crippen molar-refractivity contribution in [2.24, 2.45) is 0 Å². The maximum Gasteiger partial charge on any atom is 0.333 e. The molecule has 3 rings (SSSR count). The van der Waals surface area contributed by atoms with E-state index in [1.807, 2.05) is 76.2 Å². The Morgan fingerprint density at radius 3 is 2.03 bits per heavy atom. The van der Waals surface area contributed by atoms with Crippen LogP contribution in [0.15, 0.2) is 60.7 Å². The van der Waals surface area contributed by atoms with Gasteiger partial charge in [-0.1, -0.05) is 55.5 Å². The summed E-state index contributed by atoms with van der Waals surface area (Å²) in [5.74, 6) is -0.376. The summed E-state index contributed by atoms with van der Waals surface area (Å²) in [6.07, 6.45) is 1.40. The van der Waals surface area contributed by atoms with Gasteiger partial charge in [0.2, 0.25) is 5.91 Å². The van der Waals surface area contributed by atoms with Gasteiger partial charge in [0.05, 0.1) is 0 Å². The fourth-order valence-electron chi connectivity index (χ4n) is 4.18. The number of rotatable bonds is 6. The summed E-state index contributed by atoms with van der Waals surface area (Å²) in [6, 6.07) is 19.9. The molecule has 1 heterocycles. The van der Waals surface area contributed by atoms with Crippen LogP contribution in [0.4, 0.5) is 5.69 Å². The van der Waals surface area contributed by atoms with Crippen LogP contribution >= 0.6 is 0 Å². The van der Waals surface area contributed by atoms with Crippen molar-refractivity contribution in [2.75, 3.05) is 18.0 Å². The number of para-hydroxylation sites is 1. The van der Waals surface area contributed by atoms with Gasteiger partial charge < -0.3 is 4.74 Å². The van der Waals surface area contributed by atoms with E-state index in [0.717, 1.165) is 12.2 Å². The zero-order chi connectivity index (χ0) is 22.5. The lowest BCUT2D eigenvalue weighted by atomic mass is 9.84. The van der Waals surface area contributed by atoms with Gasteiger partial charge in [0.25, 0.3) is 0 Å². The fourth-order valence-corrected chi connectivity index (χ4v) is 4.18. The second kappa shape index (κ2) is 9.65. The van der Waals surface area contributed by atoms with Gasteiger partial charge in [-0.15, -0.1) is 0 Å². The predicted octanol–water partition coefficient (Wildman–Crippen LogP) is 4.81. The van der Waals surface area contributed by atoms with Crippen LogP contribution in [0.25, 0.3) is 0 Å². The number of hydrogen-bond acceptors (Lipinski definition) is 4. The molecular weight excluding hydrogens is 388 g/mol. The van der Waals surface area contributed by atoms with Gasteiger partial charge in [0, 0.05) is 31.7 Å². The maximum atomic E-state index is 13.6. The third kappa shape index (κ3) is 5.53. The zero-order valence-corrected chi connectivity index (χ0v) is 19.1. The van der Waals surface area contributed by atoms with Gasteiger partial charge in [0.15, 0.2) is 0 Å². The molecule has 31 heavy (non-hydrogen) atoms. The molecule has 1 aliphatic rings. The molecular formula is C26H34N2O3. The van der Waals surface area contributed by atoms with Crippen LogP contribution in [0.3, 0.4) is 0 Å². The summed E-state index contributed by atoms with van der Waals surface area (Å²) in [5.41, 5.74) is 0.367. The molecule has 0 saturated carbocycles. The molecule has 1 fully saturated rings. The van der Waals surface area contributed by atoms with E-state index >= 15 is 0 Å². The van der Waals surface area contributed by atoms with E-state index in [1.165, 1.54) is 5.56 Å². The molecule has 5 nitrogen and oxygen atoms in total. The van der Waals surface area contributed by atoms with Crippen LogP contribution < -0.4 is 4.90 Å². The molecule has 166 valence electrons. The lowest BCUT2D eigenvalue weighted by Crippen LogP contribution is -2.63. The monoisotopic (exact) mass is 422 g/mol. The number of anilines is 1. The van der Waals surface area contributed by atoms with E-state index in [9.17, 15) is 9.59 Å². The molecule has 0 N–H and O–H groups in total. The molecule has 1 amide bonds. The van der Waals surface area contributed by atoms with Crippen molar-refractivity contribution >= 4 is 17.6 Å². The fraction of sp³-hybridized carbons (Fsp3) is 0.462.